The van der Waals surface area contributed by atoms with Gasteiger partial charge in [0.2, 0.25) is 0 Å². The van der Waals surface area contributed by atoms with Crippen molar-refractivity contribution < 1.29 is 14.3 Å². The Bertz CT molecular complexity index is 522. The third-order valence-electron chi connectivity index (χ3n) is 4.76. The zero-order valence-electron chi connectivity index (χ0n) is 15.6. The molecule has 2 unspecified atom stereocenters. The van der Waals surface area contributed by atoms with Crippen LogP contribution < -0.4 is 0 Å². The first kappa shape index (κ1) is 20.4. The summed E-state index contributed by atoms with van der Waals surface area (Å²) in [7, 11) is 1.37. The minimum absolute atomic E-state index is 0.105. The SMILES string of the molecule is CCCc1ccc(C)cc1CC.COC(=O)C1CCCCC1C=O. The van der Waals surface area contributed by atoms with Crippen LogP contribution >= 0.6 is 0 Å². The van der Waals surface area contributed by atoms with Gasteiger partial charge in [-0.1, -0.05) is 56.9 Å². The van der Waals surface area contributed by atoms with E-state index in [9.17, 15) is 9.59 Å². The molecule has 0 aromatic heterocycles. The molecule has 3 heteroatoms. The van der Waals surface area contributed by atoms with Crippen LogP contribution in [0.25, 0.3) is 0 Å². The molecule has 24 heavy (non-hydrogen) atoms. The van der Waals surface area contributed by atoms with Gasteiger partial charge in [0.05, 0.1) is 13.0 Å². The van der Waals surface area contributed by atoms with Crippen LogP contribution in [0.2, 0.25) is 0 Å². The standard InChI is InChI=1S/C12H18.C9H14O3/c1-4-6-12-8-7-10(3)9-11(12)5-2;1-12-9(11)8-5-3-2-4-7(8)6-10/h7-9H,4-6H2,1-3H3;6-8H,2-5H2,1H3. The number of carbonyl (C=O) groups is 2. The maximum Gasteiger partial charge on any atom is 0.309 e. The van der Waals surface area contributed by atoms with Crippen molar-refractivity contribution in [3.05, 3.63) is 34.9 Å². The van der Waals surface area contributed by atoms with Gasteiger partial charge in [-0.25, -0.2) is 0 Å². The van der Waals surface area contributed by atoms with E-state index in [2.05, 4.69) is 43.7 Å². The fourth-order valence-electron chi connectivity index (χ4n) is 3.36. The van der Waals surface area contributed by atoms with Gasteiger partial charge in [-0.05, 0) is 43.7 Å². The molecule has 0 amide bonds. The molecular formula is C21H32O3. The lowest BCUT2D eigenvalue weighted by Crippen LogP contribution is -2.28. The Kier molecular flexibility index (Phi) is 9.36. The van der Waals surface area contributed by atoms with E-state index in [4.69, 9.17) is 0 Å². The molecule has 3 nitrogen and oxygen atoms in total. The first-order chi connectivity index (χ1) is 11.6. The lowest BCUT2D eigenvalue weighted by atomic mass is 9.80. The van der Waals surface area contributed by atoms with Crippen LogP contribution in [0.1, 0.15) is 62.6 Å². The van der Waals surface area contributed by atoms with Crippen LogP contribution in [0.4, 0.5) is 0 Å². The summed E-state index contributed by atoms with van der Waals surface area (Å²) in [5.41, 5.74) is 4.44. The van der Waals surface area contributed by atoms with Gasteiger partial charge in [0.25, 0.3) is 0 Å². The van der Waals surface area contributed by atoms with Gasteiger partial charge >= 0.3 is 5.97 Å². The quantitative estimate of drug-likeness (QED) is 0.581. The van der Waals surface area contributed by atoms with Crippen molar-refractivity contribution in [1.82, 2.24) is 0 Å². The number of rotatable bonds is 5. The molecule has 0 spiro atoms. The Morgan fingerprint density at radius 3 is 2.50 bits per heavy atom. The number of benzene rings is 1. The zero-order valence-corrected chi connectivity index (χ0v) is 15.6. The average Bonchev–Trinajstić information content (AvgIpc) is 2.63. The summed E-state index contributed by atoms with van der Waals surface area (Å²) in [6.45, 7) is 6.63. The first-order valence-electron chi connectivity index (χ1n) is 9.18. The van der Waals surface area contributed by atoms with Gasteiger partial charge in [0.1, 0.15) is 6.29 Å². The molecule has 2 atom stereocenters. The summed E-state index contributed by atoms with van der Waals surface area (Å²) in [6.07, 6.45) is 8.25. The van der Waals surface area contributed by atoms with Crippen LogP contribution in [-0.4, -0.2) is 19.4 Å². The van der Waals surface area contributed by atoms with Gasteiger partial charge in [-0.15, -0.1) is 0 Å². The normalized spacial score (nSPS) is 19.8. The Morgan fingerprint density at radius 1 is 1.21 bits per heavy atom. The van der Waals surface area contributed by atoms with Gasteiger partial charge < -0.3 is 9.53 Å². The second kappa shape index (κ2) is 11.0. The van der Waals surface area contributed by atoms with Crippen molar-refractivity contribution >= 4 is 12.3 Å². The number of hydrogen-bond donors (Lipinski definition) is 0. The topological polar surface area (TPSA) is 43.4 Å². The van der Waals surface area contributed by atoms with Crippen molar-refractivity contribution in [2.24, 2.45) is 11.8 Å². The number of esters is 1. The zero-order chi connectivity index (χ0) is 17.9. The molecule has 0 N–H and O–H groups in total. The number of hydrogen-bond acceptors (Lipinski definition) is 3. The monoisotopic (exact) mass is 332 g/mol. The highest BCUT2D eigenvalue weighted by molar-refractivity contribution is 5.76. The molecule has 1 aromatic carbocycles. The van der Waals surface area contributed by atoms with Crippen LogP contribution in [0, 0.1) is 18.8 Å². The molecule has 1 saturated carbocycles. The van der Waals surface area contributed by atoms with E-state index in [1.165, 1.54) is 36.6 Å². The minimum Gasteiger partial charge on any atom is -0.469 e. The Morgan fingerprint density at radius 2 is 1.92 bits per heavy atom. The van der Waals surface area contributed by atoms with E-state index in [-0.39, 0.29) is 17.8 Å². The predicted octanol–water partition coefficient (Wildman–Crippen LogP) is 4.67. The van der Waals surface area contributed by atoms with Crippen LogP contribution in [0.3, 0.4) is 0 Å². The molecule has 0 heterocycles. The fraction of sp³-hybridized carbons (Fsp3) is 0.619. The maximum absolute atomic E-state index is 11.2. The van der Waals surface area contributed by atoms with Gasteiger partial charge in [0.15, 0.2) is 0 Å². The summed E-state index contributed by atoms with van der Waals surface area (Å²) in [5, 5.41) is 0. The Balaban J connectivity index is 0.000000240. The number of aryl methyl sites for hydroxylation is 3. The van der Waals surface area contributed by atoms with Crippen LogP contribution in [0.5, 0.6) is 0 Å². The van der Waals surface area contributed by atoms with Crippen molar-refractivity contribution in [1.29, 1.82) is 0 Å². The average molecular weight is 332 g/mol. The van der Waals surface area contributed by atoms with Gasteiger partial charge in [-0.3, -0.25) is 4.79 Å². The number of ether oxygens (including phenoxy) is 1. The second-order valence-electron chi connectivity index (χ2n) is 6.59. The van der Waals surface area contributed by atoms with E-state index < -0.39 is 0 Å². The lowest BCUT2D eigenvalue weighted by molar-refractivity contribution is -0.149. The van der Waals surface area contributed by atoms with Crippen LogP contribution in [0.15, 0.2) is 18.2 Å². The maximum atomic E-state index is 11.2. The highest BCUT2D eigenvalue weighted by atomic mass is 16.5. The number of aldehydes is 1. The second-order valence-corrected chi connectivity index (χ2v) is 6.59. The Hall–Kier alpha value is -1.64. The molecule has 0 saturated heterocycles. The van der Waals surface area contributed by atoms with E-state index in [0.717, 1.165) is 38.4 Å². The molecule has 1 aliphatic rings. The van der Waals surface area contributed by atoms with Crippen molar-refractivity contribution in [2.45, 2.75) is 65.7 Å². The number of carbonyl (C=O) groups excluding carboxylic acids is 2. The third kappa shape index (κ3) is 6.10. The predicted molar refractivity (Wildman–Crippen MR) is 98.1 cm³/mol. The molecule has 0 bridgehead atoms. The molecule has 1 aromatic rings. The molecular weight excluding hydrogens is 300 g/mol. The van der Waals surface area contributed by atoms with Crippen molar-refractivity contribution in [3.8, 4) is 0 Å². The van der Waals surface area contributed by atoms with E-state index in [1.807, 2.05) is 0 Å². The molecule has 0 radical (unpaired) electrons. The Labute approximate surface area is 146 Å². The van der Waals surface area contributed by atoms with Gasteiger partial charge in [-0.2, -0.15) is 0 Å². The summed E-state index contributed by atoms with van der Waals surface area (Å²) >= 11 is 0. The minimum atomic E-state index is -0.230. The first-order valence-corrected chi connectivity index (χ1v) is 9.18. The summed E-state index contributed by atoms with van der Waals surface area (Å²) in [5.74, 6) is -0.515. The molecule has 2 rings (SSSR count). The van der Waals surface area contributed by atoms with E-state index >= 15 is 0 Å². The molecule has 0 aliphatic heterocycles. The number of methoxy groups -OCH3 is 1. The largest absolute Gasteiger partial charge is 0.469 e. The van der Waals surface area contributed by atoms with Gasteiger partial charge in [0, 0.05) is 5.92 Å². The summed E-state index contributed by atoms with van der Waals surface area (Å²) in [4.78, 5) is 21.7. The smallest absolute Gasteiger partial charge is 0.309 e. The van der Waals surface area contributed by atoms with Crippen molar-refractivity contribution in [2.75, 3.05) is 7.11 Å². The van der Waals surface area contributed by atoms with Crippen molar-refractivity contribution in [3.63, 3.8) is 0 Å². The highest BCUT2D eigenvalue weighted by Gasteiger charge is 2.31. The fourth-order valence-corrected chi connectivity index (χ4v) is 3.36. The molecule has 1 aliphatic carbocycles. The third-order valence-corrected chi connectivity index (χ3v) is 4.76. The van der Waals surface area contributed by atoms with Crippen LogP contribution in [-0.2, 0) is 27.2 Å². The lowest BCUT2D eigenvalue weighted by Gasteiger charge is -2.24. The molecule has 134 valence electrons. The highest BCUT2D eigenvalue weighted by Crippen LogP contribution is 2.29. The summed E-state index contributed by atoms with van der Waals surface area (Å²) < 4.78 is 4.62. The van der Waals surface area contributed by atoms with E-state index in [0.29, 0.717) is 0 Å². The molecule has 1 fully saturated rings. The van der Waals surface area contributed by atoms with E-state index in [1.54, 1.807) is 0 Å². The summed E-state index contributed by atoms with van der Waals surface area (Å²) in [6, 6.07) is 6.80.